The fourth-order valence-electron chi connectivity index (χ4n) is 1.60. The summed E-state index contributed by atoms with van der Waals surface area (Å²) in [7, 11) is 0. The predicted octanol–water partition coefficient (Wildman–Crippen LogP) is 0.256. The van der Waals surface area contributed by atoms with Crippen LogP contribution in [0.25, 0.3) is 0 Å². The molecule has 0 spiro atoms. The molecule has 0 fully saturated rings. The van der Waals surface area contributed by atoms with Crippen LogP contribution in [0.1, 0.15) is 19.7 Å². The van der Waals surface area contributed by atoms with Crippen molar-refractivity contribution in [3.05, 3.63) is 18.5 Å². The molecule has 0 aromatic carbocycles. The van der Waals surface area contributed by atoms with E-state index >= 15 is 0 Å². The molecule has 2 N–H and O–H groups in total. The van der Waals surface area contributed by atoms with Crippen LogP contribution in [-0.4, -0.2) is 47.6 Å². The molecule has 0 saturated carbocycles. The molecular formula is C11H17N7OS. The van der Waals surface area contributed by atoms with Crippen LogP contribution in [0.2, 0.25) is 0 Å². The quantitative estimate of drug-likeness (QED) is 0.710. The second-order valence-corrected chi connectivity index (χ2v) is 5.24. The van der Waals surface area contributed by atoms with Gasteiger partial charge in [-0.3, -0.25) is 14.6 Å². The SMILES string of the molecule is CCc1nc(SCC(=O)N[C@@H](C)Cn2cncn2)n[nH]1. The number of H-pyrrole nitrogens is 1. The number of aromatic amines is 1. The highest BCUT2D eigenvalue weighted by molar-refractivity contribution is 7.99. The molecule has 0 bridgehead atoms. The Bertz CT molecular complexity index is 539. The number of nitrogens with zero attached hydrogens (tertiary/aromatic N) is 5. The molecule has 1 atom stereocenters. The second kappa shape index (κ2) is 7.04. The van der Waals surface area contributed by atoms with Gasteiger partial charge in [0, 0.05) is 12.5 Å². The largest absolute Gasteiger partial charge is 0.351 e. The summed E-state index contributed by atoms with van der Waals surface area (Å²) in [5.74, 6) is 1.07. The molecule has 1 amide bonds. The zero-order valence-electron chi connectivity index (χ0n) is 11.4. The van der Waals surface area contributed by atoms with Gasteiger partial charge in [-0.2, -0.15) is 5.10 Å². The van der Waals surface area contributed by atoms with Crippen molar-refractivity contribution in [2.45, 2.75) is 38.0 Å². The zero-order chi connectivity index (χ0) is 14.4. The lowest BCUT2D eigenvalue weighted by atomic mass is 10.3. The molecule has 2 rings (SSSR count). The number of carbonyl (C=O) groups excluding carboxylic acids is 1. The minimum Gasteiger partial charge on any atom is -0.351 e. The van der Waals surface area contributed by atoms with Crippen LogP contribution in [0.4, 0.5) is 0 Å². The molecule has 2 aromatic rings. The number of rotatable bonds is 7. The summed E-state index contributed by atoms with van der Waals surface area (Å²) in [6.45, 7) is 4.51. The maximum Gasteiger partial charge on any atom is 0.230 e. The van der Waals surface area contributed by atoms with Crippen molar-refractivity contribution >= 4 is 17.7 Å². The van der Waals surface area contributed by atoms with E-state index in [0.29, 0.717) is 17.5 Å². The van der Waals surface area contributed by atoms with Crippen LogP contribution in [0.3, 0.4) is 0 Å². The van der Waals surface area contributed by atoms with Gasteiger partial charge in [-0.15, -0.1) is 5.10 Å². The van der Waals surface area contributed by atoms with Gasteiger partial charge in [0.1, 0.15) is 18.5 Å². The first-order chi connectivity index (χ1) is 9.67. The van der Waals surface area contributed by atoms with Gasteiger partial charge >= 0.3 is 0 Å². The van der Waals surface area contributed by atoms with Crippen LogP contribution in [0.15, 0.2) is 17.8 Å². The molecule has 108 valence electrons. The van der Waals surface area contributed by atoms with Crippen LogP contribution in [-0.2, 0) is 17.8 Å². The summed E-state index contributed by atoms with van der Waals surface area (Å²) in [5.41, 5.74) is 0. The van der Waals surface area contributed by atoms with Crippen molar-refractivity contribution in [3.8, 4) is 0 Å². The zero-order valence-corrected chi connectivity index (χ0v) is 12.2. The summed E-state index contributed by atoms with van der Waals surface area (Å²) in [4.78, 5) is 19.9. The number of hydrogen-bond acceptors (Lipinski definition) is 6. The smallest absolute Gasteiger partial charge is 0.230 e. The second-order valence-electron chi connectivity index (χ2n) is 4.29. The lowest BCUT2D eigenvalue weighted by molar-refractivity contribution is -0.119. The van der Waals surface area contributed by atoms with Gasteiger partial charge in [0.25, 0.3) is 0 Å². The number of carbonyl (C=O) groups is 1. The van der Waals surface area contributed by atoms with E-state index in [1.165, 1.54) is 18.1 Å². The van der Waals surface area contributed by atoms with Gasteiger partial charge in [0.2, 0.25) is 11.1 Å². The molecule has 0 radical (unpaired) electrons. The minimum absolute atomic E-state index is 0.0110. The first-order valence-corrected chi connectivity index (χ1v) is 7.31. The third kappa shape index (κ3) is 4.34. The fraction of sp³-hybridized carbons (Fsp3) is 0.545. The summed E-state index contributed by atoms with van der Waals surface area (Å²) < 4.78 is 1.68. The van der Waals surface area contributed by atoms with E-state index in [4.69, 9.17) is 0 Å². The lowest BCUT2D eigenvalue weighted by Crippen LogP contribution is -2.36. The van der Waals surface area contributed by atoms with E-state index in [0.717, 1.165) is 12.2 Å². The van der Waals surface area contributed by atoms with Gasteiger partial charge in [-0.05, 0) is 6.92 Å². The molecule has 8 nitrogen and oxygen atoms in total. The van der Waals surface area contributed by atoms with Gasteiger partial charge < -0.3 is 5.32 Å². The monoisotopic (exact) mass is 295 g/mol. The maximum absolute atomic E-state index is 11.8. The number of aromatic nitrogens is 6. The summed E-state index contributed by atoms with van der Waals surface area (Å²) in [6.07, 6.45) is 3.89. The molecule has 0 aliphatic carbocycles. The third-order valence-electron chi connectivity index (χ3n) is 2.51. The molecule has 2 aromatic heterocycles. The average Bonchev–Trinajstić information content (AvgIpc) is 3.07. The normalized spacial score (nSPS) is 12.3. The van der Waals surface area contributed by atoms with Gasteiger partial charge in [0.15, 0.2) is 0 Å². The molecule has 0 aliphatic heterocycles. The van der Waals surface area contributed by atoms with Gasteiger partial charge in [-0.1, -0.05) is 18.7 Å². The van der Waals surface area contributed by atoms with Crippen LogP contribution < -0.4 is 5.32 Å². The highest BCUT2D eigenvalue weighted by atomic mass is 32.2. The highest BCUT2D eigenvalue weighted by Gasteiger charge is 2.10. The standard InChI is InChI=1S/C11H17N7OS/c1-3-9-15-11(17-16-9)20-5-10(19)14-8(2)4-18-7-12-6-13-18/h6-8H,3-5H2,1-2H3,(H,14,19)(H,15,16,17)/t8-/m0/s1. The van der Waals surface area contributed by atoms with E-state index in [9.17, 15) is 4.79 Å². The Kier molecular flexibility index (Phi) is 5.10. The molecule has 0 saturated heterocycles. The Morgan fingerprint density at radius 3 is 3.10 bits per heavy atom. The first-order valence-electron chi connectivity index (χ1n) is 6.33. The Hall–Kier alpha value is -1.90. The van der Waals surface area contributed by atoms with Crippen LogP contribution >= 0.6 is 11.8 Å². The average molecular weight is 295 g/mol. The van der Waals surface area contributed by atoms with E-state index in [1.54, 1.807) is 11.0 Å². The van der Waals surface area contributed by atoms with Crippen molar-refractivity contribution in [3.63, 3.8) is 0 Å². The Morgan fingerprint density at radius 2 is 2.45 bits per heavy atom. The number of aryl methyl sites for hydroxylation is 1. The lowest BCUT2D eigenvalue weighted by Gasteiger charge is -2.12. The summed E-state index contributed by atoms with van der Waals surface area (Å²) in [5, 5.41) is 14.3. The molecule has 2 heterocycles. The molecule has 9 heteroatoms. The van der Waals surface area contributed by atoms with E-state index in [1.807, 2.05) is 13.8 Å². The Labute approximate surface area is 120 Å². The van der Waals surface area contributed by atoms with Crippen molar-refractivity contribution in [1.82, 2.24) is 35.3 Å². The van der Waals surface area contributed by atoms with E-state index in [-0.39, 0.29) is 11.9 Å². The molecule has 20 heavy (non-hydrogen) atoms. The van der Waals surface area contributed by atoms with Gasteiger partial charge in [-0.25, -0.2) is 9.97 Å². The van der Waals surface area contributed by atoms with Crippen LogP contribution in [0, 0.1) is 0 Å². The van der Waals surface area contributed by atoms with Crippen molar-refractivity contribution in [1.29, 1.82) is 0 Å². The number of hydrogen-bond donors (Lipinski definition) is 2. The van der Waals surface area contributed by atoms with Gasteiger partial charge in [0.05, 0.1) is 12.3 Å². The molecule has 0 unspecified atom stereocenters. The number of amides is 1. The fourth-order valence-corrected chi connectivity index (χ4v) is 2.23. The summed E-state index contributed by atoms with van der Waals surface area (Å²) in [6, 6.07) is -0.0110. The molecule has 0 aliphatic rings. The maximum atomic E-state index is 11.8. The topological polar surface area (TPSA) is 101 Å². The van der Waals surface area contributed by atoms with Crippen molar-refractivity contribution in [2.24, 2.45) is 0 Å². The Balaban J connectivity index is 1.72. The van der Waals surface area contributed by atoms with E-state index < -0.39 is 0 Å². The summed E-state index contributed by atoms with van der Waals surface area (Å²) >= 11 is 1.31. The highest BCUT2D eigenvalue weighted by Crippen LogP contribution is 2.11. The van der Waals surface area contributed by atoms with E-state index in [2.05, 4.69) is 30.6 Å². The van der Waals surface area contributed by atoms with Crippen molar-refractivity contribution < 1.29 is 4.79 Å². The van der Waals surface area contributed by atoms with Crippen molar-refractivity contribution in [2.75, 3.05) is 5.75 Å². The third-order valence-corrected chi connectivity index (χ3v) is 3.36. The first kappa shape index (κ1) is 14.5. The number of thioether (sulfide) groups is 1. The van der Waals surface area contributed by atoms with Crippen LogP contribution in [0.5, 0.6) is 0 Å². The number of nitrogens with one attached hydrogen (secondary N) is 2. The Morgan fingerprint density at radius 1 is 1.60 bits per heavy atom. The molecular weight excluding hydrogens is 278 g/mol. The minimum atomic E-state index is -0.0505. The predicted molar refractivity (Wildman–Crippen MR) is 74.1 cm³/mol.